The van der Waals surface area contributed by atoms with E-state index >= 15 is 0 Å². The number of pyridine rings is 1. The number of amides is 1. The van der Waals surface area contributed by atoms with Gasteiger partial charge in [-0.15, -0.1) is 0 Å². The zero-order chi connectivity index (χ0) is 27.0. The van der Waals surface area contributed by atoms with Crippen LogP contribution in [0.1, 0.15) is 41.5 Å². The van der Waals surface area contributed by atoms with E-state index in [1.54, 1.807) is 19.5 Å². The zero-order valence-corrected chi connectivity index (χ0v) is 22.3. The fraction of sp³-hybridized carbons (Fsp3) is 0.212. The van der Waals surface area contributed by atoms with E-state index in [1.165, 1.54) is 5.56 Å². The van der Waals surface area contributed by atoms with Gasteiger partial charge in [0, 0.05) is 54.9 Å². The second kappa shape index (κ2) is 12.3. The number of aromatic nitrogens is 2. The van der Waals surface area contributed by atoms with Crippen molar-refractivity contribution < 1.29 is 14.3 Å². The largest absolute Gasteiger partial charge is 0.497 e. The van der Waals surface area contributed by atoms with Crippen LogP contribution in [0.15, 0.2) is 104 Å². The third-order valence-electron chi connectivity index (χ3n) is 6.93. The maximum atomic E-state index is 13.3. The Labute approximate surface area is 229 Å². The summed E-state index contributed by atoms with van der Waals surface area (Å²) in [6.45, 7) is 3.77. The molecule has 0 spiro atoms. The van der Waals surface area contributed by atoms with Crippen LogP contribution in [-0.2, 0) is 17.9 Å². The van der Waals surface area contributed by atoms with Crippen molar-refractivity contribution in [3.8, 4) is 11.5 Å². The van der Waals surface area contributed by atoms with Crippen LogP contribution < -0.4 is 14.8 Å². The van der Waals surface area contributed by atoms with Crippen LogP contribution >= 0.6 is 0 Å². The van der Waals surface area contributed by atoms with E-state index in [-0.39, 0.29) is 11.8 Å². The van der Waals surface area contributed by atoms with Gasteiger partial charge >= 0.3 is 0 Å². The molecule has 3 aromatic carbocycles. The van der Waals surface area contributed by atoms with Crippen LogP contribution in [0.2, 0.25) is 0 Å². The Morgan fingerprint density at radius 1 is 0.897 bits per heavy atom. The Morgan fingerprint density at radius 3 is 2.33 bits per heavy atom. The normalized spacial score (nSPS) is 11.7. The van der Waals surface area contributed by atoms with E-state index in [9.17, 15) is 4.79 Å². The maximum Gasteiger partial charge on any atom is 0.221 e. The topological polar surface area (TPSA) is 65.4 Å². The molecule has 6 nitrogen and oxygen atoms in total. The molecule has 0 unspecified atom stereocenters. The molecule has 0 saturated carbocycles. The molecule has 0 saturated heterocycles. The molecule has 5 rings (SSSR count). The molecule has 0 fully saturated rings. The number of hydrogen-bond donors (Lipinski definition) is 1. The number of rotatable bonds is 11. The van der Waals surface area contributed by atoms with E-state index < -0.39 is 0 Å². The Bertz CT molecular complexity index is 1510. The van der Waals surface area contributed by atoms with Crippen molar-refractivity contribution in [2.45, 2.75) is 32.4 Å². The van der Waals surface area contributed by atoms with Crippen LogP contribution in [0.25, 0.3) is 10.9 Å². The summed E-state index contributed by atoms with van der Waals surface area (Å²) in [5.74, 6) is 1.53. The van der Waals surface area contributed by atoms with Crippen molar-refractivity contribution in [3.05, 3.63) is 126 Å². The Hall–Kier alpha value is -4.58. The van der Waals surface area contributed by atoms with Gasteiger partial charge in [0.15, 0.2) is 0 Å². The number of carbonyl (C=O) groups is 1. The number of benzene rings is 3. The Kier molecular flexibility index (Phi) is 8.22. The zero-order valence-electron chi connectivity index (χ0n) is 22.3. The number of para-hydroxylation sites is 1. The van der Waals surface area contributed by atoms with Crippen LogP contribution in [0, 0.1) is 0 Å². The minimum atomic E-state index is -0.125. The third kappa shape index (κ3) is 6.29. The average molecular weight is 520 g/mol. The molecule has 2 heterocycles. The van der Waals surface area contributed by atoms with Crippen LogP contribution in [-0.4, -0.2) is 29.2 Å². The van der Waals surface area contributed by atoms with E-state index in [0.29, 0.717) is 19.6 Å². The number of fused-ring (bicyclic) bond motifs is 1. The SMILES string of the molecule is CCOc1ccc([C@@H](CC(=O)NCc2ccncc2)c2cn(Cc3ccc(OC)cc3)c3ccccc23)cc1. The van der Waals surface area contributed by atoms with Crippen LogP contribution in [0.4, 0.5) is 0 Å². The van der Waals surface area contributed by atoms with Gasteiger partial charge in [0.1, 0.15) is 11.5 Å². The molecule has 0 bridgehead atoms. The second-order valence-electron chi connectivity index (χ2n) is 9.47. The summed E-state index contributed by atoms with van der Waals surface area (Å²) >= 11 is 0. The van der Waals surface area contributed by atoms with Crippen LogP contribution in [0.5, 0.6) is 11.5 Å². The predicted octanol–water partition coefficient (Wildman–Crippen LogP) is 6.33. The van der Waals surface area contributed by atoms with Crippen molar-refractivity contribution in [1.29, 1.82) is 0 Å². The fourth-order valence-corrected chi connectivity index (χ4v) is 4.94. The number of ether oxygens (including phenoxy) is 2. The summed E-state index contributed by atoms with van der Waals surface area (Å²) in [7, 11) is 1.68. The minimum absolute atomic E-state index is 0.00215. The first-order chi connectivity index (χ1) is 19.1. The van der Waals surface area contributed by atoms with Crippen molar-refractivity contribution in [3.63, 3.8) is 0 Å². The first-order valence-electron chi connectivity index (χ1n) is 13.2. The number of hydrogen-bond acceptors (Lipinski definition) is 4. The second-order valence-corrected chi connectivity index (χ2v) is 9.47. The molecule has 0 radical (unpaired) electrons. The summed E-state index contributed by atoms with van der Waals surface area (Å²) in [5.41, 5.74) is 5.53. The minimum Gasteiger partial charge on any atom is -0.497 e. The molecule has 2 aromatic heterocycles. The molecule has 0 aliphatic heterocycles. The van der Waals surface area contributed by atoms with Gasteiger partial charge in [0.25, 0.3) is 0 Å². The van der Waals surface area contributed by atoms with Crippen LogP contribution in [0.3, 0.4) is 0 Å². The van der Waals surface area contributed by atoms with Crippen molar-refractivity contribution in [1.82, 2.24) is 14.9 Å². The molecule has 1 atom stereocenters. The highest BCUT2D eigenvalue weighted by Gasteiger charge is 2.23. The average Bonchev–Trinajstić information content (AvgIpc) is 3.34. The predicted molar refractivity (Wildman–Crippen MR) is 154 cm³/mol. The summed E-state index contributed by atoms with van der Waals surface area (Å²) in [6, 6.07) is 28.5. The summed E-state index contributed by atoms with van der Waals surface area (Å²) in [6.07, 6.45) is 6.01. The quantitative estimate of drug-likeness (QED) is 0.221. The molecule has 0 aliphatic carbocycles. The Balaban J connectivity index is 1.48. The van der Waals surface area contributed by atoms with Gasteiger partial charge in [-0.05, 0) is 71.6 Å². The van der Waals surface area contributed by atoms with Gasteiger partial charge < -0.3 is 19.4 Å². The van der Waals surface area contributed by atoms with E-state index in [4.69, 9.17) is 9.47 Å². The van der Waals surface area contributed by atoms with Gasteiger partial charge in [-0.25, -0.2) is 0 Å². The number of nitrogens with zero attached hydrogens (tertiary/aromatic N) is 2. The molecular weight excluding hydrogens is 486 g/mol. The molecule has 5 aromatic rings. The molecule has 1 N–H and O–H groups in total. The molecular formula is C33H33N3O3. The number of carbonyl (C=O) groups excluding carboxylic acids is 1. The Morgan fingerprint density at radius 2 is 1.62 bits per heavy atom. The molecule has 198 valence electrons. The monoisotopic (exact) mass is 519 g/mol. The van der Waals surface area contributed by atoms with E-state index in [0.717, 1.165) is 45.6 Å². The molecule has 0 aliphatic rings. The molecule has 6 heteroatoms. The highest BCUT2D eigenvalue weighted by Crippen LogP contribution is 2.36. The van der Waals surface area contributed by atoms with Gasteiger partial charge in [0.2, 0.25) is 5.91 Å². The summed E-state index contributed by atoms with van der Waals surface area (Å²) in [4.78, 5) is 17.3. The van der Waals surface area contributed by atoms with E-state index in [1.807, 2.05) is 43.3 Å². The standard InChI is InChI=1S/C33H33N3O3/c1-3-39-28-14-10-26(11-15-28)30(20-33(37)35-21-24-16-18-34-19-17-24)31-23-36(32-7-5-4-6-29(31)32)22-25-8-12-27(38-2)13-9-25/h4-19,23,30H,3,20-22H2,1-2H3,(H,35,37)/t30-/m1/s1. The summed E-state index contributed by atoms with van der Waals surface area (Å²) < 4.78 is 13.3. The fourth-order valence-electron chi connectivity index (χ4n) is 4.94. The van der Waals surface area contributed by atoms with Gasteiger partial charge in [-0.1, -0.05) is 42.5 Å². The van der Waals surface area contributed by atoms with Gasteiger partial charge in [-0.2, -0.15) is 0 Å². The lowest BCUT2D eigenvalue weighted by Crippen LogP contribution is -2.25. The maximum absolute atomic E-state index is 13.3. The van der Waals surface area contributed by atoms with Gasteiger partial charge in [0.05, 0.1) is 13.7 Å². The van der Waals surface area contributed by atoms with E-state index in [2.05, 4.69) is 69.6 Å². The lowest BCUT2D eigenvalue weighted by molar-refractivity contribution is -0.121. The highest BCUT2D eigenvalue weighted by atomic mass is 16.5. The van der Waals surface area contributed by atoms with Gasteiger partial charge in [-0.3, -0.25) is 9.78 Å². The molecule has 39 heavy (non-hydrogen) atoms. The third-order valence-corrected chi connectivity index (χ3v) is 6.93. The van der Waals surface area contributed by atoms with Crippen molar-refractivity contribution in [2.24, 2.45) is 0 Å². The smallest absolute Gasteiger partial charge is 0.221 e. The lowest BCUT2D eigenvalue weighted by atomic mass is 9.88. The first-order valence-corrected chi connectivity index (χ1v) is 13.2. The van der Waals surface area contributed by atoms with Crippen molar-refractivity contribution >= 4 is 16.8 Å². The lowest BCUT2D eigenvalue weighted by Gasteiger charge is -2.18. The summed E-state index contributed by atoms with van der Waals surface area (Å²) in [5, 5.41) is 4.24. The van der Waals surface area contributed by atoms with Crippen molar-refractivity contribution in [2.75, 3.05) is 13.7 Å². The molecule has 1 amide bonds. The first kappa shape index (κ1) is 26.0. The number of nitrogens with one attached hydrogen (secondary N) is 1. The highest BCUT2D eigenvalue weighted by molar-refractivity contribution is 5.87. The number of methoxy groups -OCH3 is 1.